The summed E-state index contributed by atoms with van der Waals surface area (Å²) in [5.74, 6) is -0.141. The third-order valence-corrected chi connectivity index (χ3v) is 5.96. The fourth-order valence-corrected chi connectivity index (χ4v) is 4.22. The van der Waals surface area contributed by atoms with Gasteiger partial charge in [-0.25, -0.2) is 8.42 Å². The number of anilines is 1. The lowest BCUT2D eigenvalue weighted by atomic mass is 9.94. The van der Waals surface area contributed by atoms with Gasteiger partial charge >= 0.3 is 0 Å². The fraction of sp³-hybridized carbons (Fsp3) is 0.611. The van der Waals surface area contributed by atoms with Crippen molar-refractivity contribution in [2.24, 2.45) is 0 Å². The monoisotopic (exact) mass is 352 g/mol. The molecule has 24 heavy (non-hydrogen) atoms. The van der Waals surface area contributed by atoms with Crippen molar-refractivity contribution in [1.82, 2.24) is 4.90 Å². The highest BCUT2D eigenvalue weighted by molar-refractivity contribution is 7.92. The van der Waals surface area contributed by atoms with Gasteiger partial charge in [0.15, 0.2) is 0 Å². The van der Waals surface area contributed by atoms with Crippen molar-refractivity contribution >= 4 is 21.6 Å². The van der Waals surface area contributed by atoms with Crippen LogP contribution < -0.4 is 4.31 Å². The van der Waals surface area contributed by atoms with Crippen LogP contribution in [0.15, 0.2) is 24.3 Å². The van der Waals surface area contributed by atoms with Crippen LogP contribution >= 0.6 is 0 Å². The summed E-state index contributed by atoms with van der Waals surface area (Å²) < 4.78 is 25.8. The lowest BCUT2D eigenvalue weighted by Crippen LogP contribution is -2.45. The lowest BCUT2D eigenvalue weighted by Gasteiger charge is -2.33. The molecule has 0 atom stereocenters. The Balaban J connectivity index is 2.22. The molecule has 0 radical (unpaired) electrons. The van der Waals surface area contributed by atoms with Gasteiger partial charge in [-0.15, -0.1) is 0 Å². The third-order valence-electron chi connectivity index (χ3n) is 4.84. The van der Waals surface area contributed by atoms with E-state index in [9.17, 15) is 13.2 Å². The van der Waals surface area contributed by atoms with E-state index in [0.717, 1.165) is 43.9 Å². The summed E-state index contributed by atoms with van der Waals surface area (Å²) in [6.45, 7) is 1.85. The molecule has 1 saturated carbocycles. The van der Waals surface area contributed by atoms with Gasteiger partial charge in [0, 0.05) is 13.1 Å². The summed E-state index contributed by atoms with van der Waals surface area (Å²) in [5, 5.41) is 0. The smallest absolute Gasteiger partial charge is 0.243 e. The van der Waals surface area contributed by atoms with Crippen molar-refractivity contribution in [3.8, 4) is 0 Å². The molecule has 0 heterocycles. The van der Waals surface area contributed by atoms with E-state index in [2.05, 4.69) is 0 Å². The number of para-hydroxylation sites is 1. The summed E-state index contributed by atoms with van der Waals surface area (Å²) in [6, 6.07) is 7.60. The van der Waals surface area contributed by atoms with Crippen LogP contribution in [-0.4, -0.2) is 45.1 Å². The Kier molecular flexibility index (Phi) is 6.27. The molecule has 1 aromatic carbocycles. The summed E-state index contributed by atoms with van der Waals surface area (Å²) in [5.41, 5.74) is 1.53. The highest BCUT2D eigenvalue weighted by Gasteiger charge is 2.27. The maximum Gasteiger partial charge on any atom is 0.243 e. The van der Waals surface area contributed by atoms with Gasteiger partial charge < -0.3 is 4.90 Å². The molecular formula is C18H28N2O3S. The summed E-state index contributed by atoms with van der Waals surface area (Å²) in [7, 11) is -1.73. The third kappa shape index (κ3) is 4.50. The van der Waals surface area contributed by atoms with E-state index in [-0.39, 0.29) is 18.5 Å². The minimum atomic E-state index is -3.52. The SMILES string of the molecule is CCc1ccccc1N(CC(=O)N(C)C1CCCCC1)S(C)(=O)=O. The molecule has 2 rings (SSSR count). The first kappa shape index (κ1) is 18.8. The van der Waals surface area contributed by atoms with Gasteiger partial charge in [0.1, 0.15) is 6.54 Å². The Hall–Kier alpha value is -1.56. The first-order chi connectivity index (χ1) is 11.3. The molecule has 0 aromatic heterocycles. The maximum atomic E-state index is 12.7. The van der Waals surface area contributed by atoms with Crippen LogP contribution in [0.1, 0.15) is 44.6 Å². The Bertz CT molecular complexity index is 667. The summed E-state index contributed by atoms with van der Waals surface area (Å²) in [6.07, 6.45) is 7.38. The molecule has 1 aliphatic rings. The van der Waals surface area contributed by atoms with Crippen LogP contribution in [0.3, 0.4) is 0 Å². The molecule has 5 nitrogen and oxygen atoms in total. The van der Waals surface area contributed by atoms with Crippen LogP contribution in [0.5, 0.6) is 0 Å². The number of hydrogen-bond acceptors (Lipinski definition) is 3. The largest absolute Gasteiger partial charge is 0.341 e. The number of aryl methyl sites for hydroxylation is 1. The number of likely N-dealkylation sites (N-methyl/N-ethyl adjacent to an activating group) is 1. The molecule has 1 amide bonds. The van der Waals surface area contributed by atoms with Crippen LogP contribution in [0.25, 0.3) is 0 Å². The fourth-order valence-electron chi connectivity index (χ4n) is 3.34. The standard InChI is InChI=1S/C18H28N2O3S/c1-4-15-10-8-9-13-17(15)20(24(3,22)23)14-18(21)19(2)16-11-6-5-7-12-16/h8-10,13,16H,4-7,11-12,14H2,1-3H3. The molecule has 0 saturated heterocycles. The first-order valence-corrected chi connectivity index (χ1v) is 10.5. The molecular weight excluding hydrogens is 324 g/mol. The Morgan fingerprint density at radius 2 is 1.79 bits per heavy atom. The molecule has 6 heteroatoms. The van der Waals surface area contributed by atoms with Gasteiger partial charge in [0.05, 0.1) is 11.9 Å². The van der Waals surface area contributed by atoms with Crippen molar-refractivity contribution in [2.45, 2.75) is 51.5 Å². The summed E-state index contributed by atoms with van der Waals surface area (Å²) >= 11 is 0. The van der Waals surface area contributed by atoms with Crippen LogP contribution in [-0.2, 0) is 21.2 Å². The second-order valence-corrected chi connectivity index (χ2v) is 8.46. The van der Waals surface area contributed by atoms with E-state index in [1.54, 1.807) is 18.0 Å². The van der Waals surface area contributed by atoms with Crippen LogP contribution in [0, 0.1) is 0 Å². The number of nitrogens with zero attached hydrogens (tertiary/aromatic N) is 2. The van der Waals surface area contributed by atoms with Crippen molar-refractivity contribution in [2.75, 3.05) is 24.2 Å². The van der Waals surface area contributed by atoms with Crippen molar-refractivity contribution < 1.29 is 13.2 Å². The van der Waals surface area contributed by atoms with E-state index in [1.807, 2.05) is 25.1 Å². The zero-order valence-corrected chi connectivity index (χ0v) is 15.7. The van der Waals surface area contributed by atoms with Gasteiger partial charge in [-0.1, -0.05) is 44.4 Å². The molecule has 1 aromatic rings. The quantitative estimate of drug-likeness (QED) is 0.791. The highest BCUT2D eigenvalue weighted by Crippen LogP contribution is 2.25. The average Bonchev–Trinajstić information content (AvgIpc) is 2.58. The zero-order chi connectivity index (χ0) is 17.7. The van der Waals surface area contributed by atoms with Gasteiger partial charge in [-0.05, 0) is 30.9 Å². The van der Waals surface area contributed by atoms with Crippen LogP contribution in [0.2, 0.25) is 0 Å². The van der Waals surface area contributed by atoms with Crippen LogP contribution in [0.4, 0.5) is 5.69 Å². The number of hydrogen-bond donors (Lipinski definition) is 0. The van der Waals surface area contributed by atoms with Gasteiger partial charge in [-0.3, -0.25) is 9.10 Å². The number of carbonyl (C=O) groups excluding carboxylic acids is 1. The summed E-state index contributed by atoms with van der Waals surface area (Å²) in [4.78, 5) is 14.4. The number of benzene rings is 1. The lowest BCUT2D eigenvalue weighted by molar-refractivity contribution is -0.130. The van der Waals surface area contributed by atoms with Gasteiger partial charge in [0.25, 0.3) is 0 Å². The molecule has 0 bridgehead atoms. The van der Waals surface area contributed by atoms with Gasteiger partial charge in [-0.2, -0.15) is 0 Å². The minimum absolute atomic E-state index is 0.136. The number of sulfonamides is 1. The number of amides is 1. The Labute approximate surface area is 145 Å². The second-order valence-electron chi connectivity index (χ2n) is 6.55. The highest BCUT2D eigenvalue weighted by atomic mass is 32.2. The van der Waals surface area contributed by atoms with Crippen molar-refractivity contribution in [3.05, 3.63) is 29.8 Å². The second kappa shape index (κ2) is 8.01. The van der Waals surface area contributed by atoms with E-state index >= 15 is 0 Å². The number of rotatable bonds is 6. The van der Waals surface area contributed by atoms with Gasteiger partial charge in [0.2, 0.25) is 15.9 Å². The molecule has 134 valence electrons. The minimum Gasteiger partial charge on any atom is -0.341 e. The van der Waals surface area contributed by atoms with E-state index in [4.69, 9.17) is 0 Å². The molecule has 0 spiro atoms. The zero-order valence-electron chi connectivity index (χ0n) is 14.9. The molecule has 0 unspecified atom stereocenters. The Morgan fingerprint density at radius 1 is 1.17 bits per heavy atom. The normalized spacial score (nSPS) is 16.0. The Morgan fingerprint density at radius 3 is 2.38 bits per heavy atom. The average molecular weight is 353 g/mol. The maximum absolute atomic E-state index is 12.7. The first-order valence-electron chi connectivity index (χ1n) is 8.66. The number of carbonyl (C=O) groups is 1. The van der Waals surface area contributed by atoms with E-state index < -0.39 is 10.0 Å². The molecule has 1 fully saturated rings. The van der Waals surface area contributed by atoms with Crippen molar-refractivity contribution in [1.29, 1.82) is 0 Å². The van der Waals surface area contributed by atoms with E-state index in [0.29, 0.717) is 5.69 Å². The topological polar surface area (TPSA) is 57.7 Å². The van der Waals surface area contributed by atoms with E-state index in [1.165, 1.54) is 10.7 Å². The molecule has 0 aliphatic heterocycles. The predicted molar refractivity (Wildman–Crippen MR) is 97.7 cm³/mol. The van der Waals surface area contributed by atoms with Crippen molar-refractivity contribution in [3.63, 3.8) is 0 Å². The predicted octanol–water partition coefficient (Wildman–Crippen LogP) is 2.81. The molecule has 0 N–H and O–H groups in total. The molecule has 1 aliphatic carbocycles.